The second-order valence-electron chi connectivity index (χ2n) is 4.59. The summed E-state index contributed by atoms with van der Waals surface area (Å²) in [5.74, 6) is -0.322. The van der Waals surface area contributed by atoms with E-state index in [2.05, 4.69) is 36.1 Å². The van der Waals surface area contributed by atoms with Crippen LogP contribution in [0.5, 0.6) is 0 Å². The van der Waals surface area contributed by atoms with Crippen molar-refractivity contribution < 1.29 is 9.53 Å². The lowest BCUT2D eigenvalue weighted by Crippen LogP contribution is -2.36. The van der Waals surface area contributed by atoms with E-state index in [1.807, 2.05) is 7.05 Å². The van der Waals surface area contributed by atoms with Crippen LogP contribution in [0.25, 0.3) is 0 Å². The van der Waals surface area contributed by atoms with E-state index in [1.54, 1.807) is 6.92 Å². The first kappa shape index (κ1) is 15.5. The van der Waals surface area contributed by atoms with Crippen LogP contribution in [-0.2, 0) is 16.0 Å². The number of ether oxygens (including phenoxy) is 1. The van der Waals surface area contributed by atoms with Crippen LogP contribution in [0, 0.1) is 0 Å². The Labute approximate surface area is 115 Å². The summed E-state index contributed by atoms with van der Waals surface area (Å²) in [6.07, 6.45) is 1.63. The van der Waals surface area contributed by atoms with Crippen molar-refractivity contribution in [2.75, 3.05) is 25.1 Å². The molecule has 0 aliphatic carbocycles. The van der Waals surface area contributed by atoms with E-state index in [0.717, 1.165) is 18.7 Å². The molecule has 4 nitrogen and oxygen atoms in total. The maximum Gasteiger partial charge on any atom is 0.322 e. The van der Waals surface area contributed by atoms with Gasteiger partial charge in [-0.05, 0) is 37.5 Å². The number of hydrogen-bond donors (Lipinski definition) is 1. The van der Waals surface area contributed by atoms with Crippen LogP contribution < -0.4 is 10.6 Å². The summed E-state index contributed by atoms with van der Waals surface area (Å²) in [4.78, 5) is 13.5. The molecule has 0 saturated carbocycles. The highest BCUT2D eigenvalue weighted by Gasteiger charge is 2.15. The van der Waals surface area contributed by atoms with Gasteiger partial charge >= 0.3 is 5.97 Å². The van der Waals surface area contributed by atoms with E-state index in [9.17, 15) is 4.79 Å². The predicted molar refractivity (Wildman–Crippen MR) is 78.3 cm³/mol. The lowest BCUT2D eigenvalue weighted by Gasteiger charge is -2.21. The zero-order valence-corrected chi connectivity index (χ0v) is 12.1. The Balaban J connectivity index is 2.45. The van der Waals surface area contributed by atoms with Gasteiger partial charge in [0, 0.05) is 19.3 Å². The third-order valence-corrected chi connectivity index (χ3v) is 3.15. The molecule has 0 radical (unpaired) electrons. The van der Waals surface area contributed by atoms with Crippen LogP contribution in [-0.4, -0.2) is 32.2 Å². The van der Waals surface area contributed by atoms with Gasteiger partial charge in [0.05, 0.1) is 6.61 Å². The molecule has 0 fully saturated rings. The lowest BCUT2D eigenvalue weighted by atomic mass is 10.1. The van der Waals surface area contributed by atoms with Crippen molar-refractivity contribution in [3.05, 3.63) is 29.8 Å². The molecule has 0 bridgehead atoms. The molecule has 1 rings (SSSR count). The number of carbonyl (C=O) groups is 1. The van der Waals surface area contributed by atoms with Crippen LogP contribution in [0.4, 0.5) is 5.69 Å². The van der Waals surface area contributed by atoms with Gasteiger partial charge in [-0.25, -0.2) is 0 Å². The molecule has 0 spiro atoms. The van der Waals surface area contributed by atoms with E-state index in [0.29, 0.717) is 13.0 Å². The number of rotatable bonds is 7. The minimum absolute atomic E-state index is 0.322. The first-order valence-electron chi connectivity index (χ1n) is 6.80. The van der Waals surface area contributed by atoms with Crippen molar-refractivity contribution >= 4 is 11.7 Å². The van der Waals surface area contributed by atoms with Crippen molar-refractivity contribution in [2.45, 2.75) is 32.7 Å². The highest BCUT2D eigenvalue weighted by atomic mass is 16.5. The molecule has 106 valence electrons. The summed E-state index contributed by atoms with van der Waals surface area (Å²) in [5, 5.41) is 0. The summed E-state index contributed by atoms with van der Waals surface area (Å²) < 4.78 is 4.89. The molecule has 2 N–H and O–H groups in total. The van der Waals surface area contributed by atoms with E-state index < -0.39 is 6.04 Å². The minimum Gasteiger partial charge on any atom is -0.465 e. The van der Waals surface area contributed by atoms with E-state index >= 15 is 0 Å². The molecular weight excluding hydrogens is 240 g/mol. The lowest BCUT2D eigenvalue weighted by molar-refractivity contribution is -0.144. The molecule has 0 aliphatic rings. The smallest absolute Gasteiger partial charge is 0.322 e. The third kappa shape index (κ3) is 4.91. The van der Waals surface area contributed by atoms with Gasteiger partial charge in [0.1, 0.15) is 6.04 Å². The zero-order valence-electron chi connectivity index (χ0n) is 12.1. The van der Waals surface area contributed by atoms with Crippen LogP contribution in [0.2, 0.25) is 0 Å². The largest absolute Gasteiger partial charge is 0.465 e. The molecule has 4 heteroatoms. The fraction of sp³-hybridized carbons (Fsp3) is 0.533. The van der Waals surface area contributed by atoms with E-state index in [1.165, 1.54) is 5.56 Å². The van der Waals surface area contributed by atoms with Gasteiger partial charge in [-0.15, -0.1) is 0 Å². The summed E-state index contributed by atoms with van der Waals surface area (Å²) in [7, 11) is 2.00. The van der Waals surface area contributed by atoms with Crippen LogP contribution in [0.3, 0.4) is 0 Å². The fourth-order valence-corrected chi connectivity index (χ4v) is 1.82. The SMILES string of the molecule is CCOC(=O)C(N)CCN(C)c1ccc(CC)cc1. The third-order valence-electron chi connectivity index (χ3n) is 3.15. The highest BCUT2D eigenvalue weighted by Crippen LogP contribution is 2.14. The van der Waals surface area contributed by atoms with Gasteiger partial charge in [0.2, 0.25) is 0 Å². The number of carbonyl (C=O) groups excluding carboxylic acids is 1. The number of anilines is 1. The second kappa shape index (κ2) is 7.79. The normalized spacial score (nSPS) is 12.0. The zero-order chi connectivity index (χ0) is 14.3. The van der Waals surface area contributed by atoms with Gasteiger partial charge in [-0.1, -0.05) is 19.1 Å². The van der Waals surface area contributed by atoms with Crippen molar-refractivity contribution in [1.82, 2.24) is 0 Å². The highest BCUT2D eigenvalue weighted by molar-refractivity contribution is 5.75. The van der Waals surface area contributed by atoms with Gasteiger partial charge < -0.3 is 15.4 Å². The molecule has 0 heterocycles. The van der Waals surface area contributed by atoms with E-state index in [-0.39, 0.29) is 5.97 Å². The van der Waals surface area contributed by atoms with Crippen molar-refractivity contribution in [2.24, 2.45) is 5.73 Å². The number of benzene rings is 1. The van der Waals surface area contributed by atoms with Gasteiger partial charge in [-0.2, -0.15) is 0 Å². The Bertz CT molecular complexity index is 390. The molecule has 0 aromatic heterocycles. The molecule has 0 saturated heterocycles. The second-order valence-corrected chi connectivity index (χ2v) is 4.59. The number of aryl methyl sites for hydroxylation is 1. The van der Waals surface area contributed by atoms with Gasteiger partial charge in [-0.3, -0.25) is 4.79 Å². The molecule has 1 atom stereocenters. The minimum atomic E-state index is -0.544. The summed E-state index contributed by atoms with van der Waals surface area (Å²) in [6, 6.07) is 7.88. The predicted octanol–water partition coefficient (Wildman–Crippen LogP) is 1.97. The Hall–Kier alpha value is -1.55. The standard InChI is InChI=1S/C15H24N2O2/c1-4-12-6-8-13(9-7-12)17(3)11-10-14(16)15(18)19-5-2/h6-9,14H,4-5,10-11,16H2,1-3H3. The summed E-state index contributed by atoms with van der Waals surface area (Å²) >= 11 is 0. The van der Waals surface area contributed by atoms with Crippen molar-refractivity contribution in [3.8, 4) is 0 Å². The maximum atomic E-state index is 11.4. The van der Waals surface area contributed by atoms with Gasteiger partial charge in [0.15, 0.2) is 0 Å². The van der Waals surface area contributed by atoms with Crippen LogP contribution in [0.15, 0.2) is 24.3 Å². The Morgan fingerprint density at radius 3 is 2.47 bits per heavy atom. The Morgan fingerprint density at radius 2 is 1.95 bits per heavy atom. The number of hydrogen-bond acceptors (Lipinski definition) is 4. The number of nitrogens with two attached hydrogens (primary N) is 1. The maximum absolute atomic E-state index is 11.4. The fourth-order valence-electron chi connectivity index (χ4n) is 1.82. The number of nitrogens with zero attached hydrogens (tertiary/aromatic N) is 1. The molecular formula is C15H24N2O2. The topological polar surface area (TPSA) is 55.6 Å². The van der Waals surface area contributed by atoms with Crippen LogP contribution in [0.1, 0.15) is 25.8 Å². The average molecular weight is 264 g/mol. The Kier molecular flexibility index (Phi) is 6.36. The Morgan fingerprint density at radius 1 is 1.32 bits per heavy atom. The van der Waals surface area contributed by atoms with Crippen LogP contribution >= 0.6 is 0 Å². The molecule has 1 unspecified atom stereocenters. The molecule has 0 aliphatic heterocycles. The average Bonchev–Trinajstić information content (AvgIpc) is 2.44. The van der Waals surface area contributed by atoms with Gasteiger partial charge in [0.25, 0.3) is 0 Å². The monoisotopic (exact) mass is 264 g/mol. The van der Waals surface area contributed by atoms with Crippen molar-refractivity contribution in [3.63, 3.8) is 0 Å². The first-order chi connectivity index (χ1) is 9.08. The molecule has 1 aromatic carbocycles. The molecule has 19 heavy (non-hydrogen) atoms. The van der Waals surface area contributed by atoms with Crippen molar-refractivity contribution in [1.29, 1.82) is 0 Å². The number of esters is 1. The molecule has 1 aromatic rings. The summed E-state index contributed by atoms with van der Waals surface area (Å²) in [6.45, 7) is 5.02. The summed E-state index contributed by atoms with van der Waals surface area (Å²) in [5.41, 5.74) is 8.23. The quantitative estimate of drug-likeness (QED) is 0.765. The first-order valence-corrected chi connectivity index (χ1v) is 6.80. The molecule has 0 amide bonds. The van der Waals surface area contributed by atoms with E-state index in [4.69, 9.17) is 10.5 Å².